The van der Waals surface area contributed by atoms with Crippen LogP contribution in [0.3, 0.4) is 0 Å². The number of hydrogen-bond acceptors (Lipinski definition) is 3. The fourth-order valence-corrected chi connectivity index (χ4v) is 5.83. The lowest BCUT2D eigenvalue weighted by molar-refractivity contribution is -0.274. The molecule has 158 valence electrons. The molecule has 0 radical (unpaired) electrons. The van der Waals surface area contributed by atoms with Crippen molar-refractivity contribution in [1.29, 1.82) is 0 Å². The summed E-state index contributed by atoms with van der Waals surface area (Å²) in [7, 11) is 0. The molecule has 0 unspecified atom stereocenters. The van der Waals surface area contributed by atoms with Gasteiger partial charge in [0.15, 0.2) is 0 Å². The van der Waals surface area contributed by atoms with Crippen LogP contribution in [0.1, 0.15) is 44.9 Å². The third kappa shape index (κ3) is 4.67. The van der Waals surface area contributed by atoms with Crippen molar-refractivity contribution in [3.05, 3.63) is 24.3 Å². The van der Waals surface area contributed by atoms with Crippen molar-refractivity contribution < 1.29 is 27.5 Å². The van der Waals surface area contributed by atoms with Gasteiger partial charge in [0.2, 0.25) is 11.8 Å². The lowest BCUT2D eigenvalue weighted by atomic mass is 9.49. The molecule has 8 heteroatoms. The van der Waals surface area contributed by atoms with E-state index in [1.54, 1.807) is 0 Å². The number of benzene rings is 1. The molecule has 4 fully saturated rings. The molecule has 29 heavy (non-hydrogen) atoms. The fraction of sp³-hybridized carbons (Fsp3) is 0.619. The van der Waals surface area contributed by atoms with Gasteiger partial charge in [-0.25, -0.2) is 0 Å². The quantitative estimate of drug-likeness (QED) is 0.737. The number of carbonyl (C=O) groups is 2. The number of anilines is 1. The van der Waals surface area contributed by atoms with Crippen molar-refractivity contribution in [3.63, 3.8) is 0 Å². The van der Waals surface area contributed by atoms with E-state index in [0.717, 1.165) is 31.4 Å². The first-order valence-corrected chi connectivity index (χ1v) is 10.1. The molecule has 5 rings (SSSR count). The van der Waals surface area contributed by atoms with Gasteiger partial charge < -0.3 is 15.4 Å². The van der Waals surface area contributed by atoms with Crippen LogP contribution in [0, 0.1) is 23.2 Å². The second-order valence-electron chi connectivity index (χ2n) is 8.82. The Bertz CT molecular complexity index is 741. The van der Waals surface area contributed by atoms with Gasteiger partial charge in [0, 0.05) is 24.1 Å². The van der Waals surface area contributed by atoms with Crippen LogP contribution in [0.2, 0.25) is 0 Å². The molecule has 4 bridgehead atoms. The third-order valence-corrected chi connectivity index (χ3v) is 6.53. The van der Waals surface area contributed by atoms with Gasteiger partial charge in [-0.2, -0.15) is 0 Å². The minimum Gasteiger partial charge on any atom is -0.406 e. The maximum absolute atomic E-state index is 12.8. The largest absolute Gasteiger partial charge is 0.573 e. The van der Waals surface area contributed by atoms with E-state index in [1.807, 2.05) is 0 Å². The average Bonchev–Trinajstić information content (AvgIpc) is 2.61. The molecular weight excluding hydrogens is 385 g/mol. The van der Waals surface area contributed by atoms with Crippen LogP contribution in [0.4, 0.5) is 18.9 Å². The standard InChI is InChI=1S/C21H25F3N2O3/c22-21(23,24)29-17-3-1-16(2-4-17)26-18(27)5-6-25-19(28)20-10-13-7-14(11-20)9-15(8-13)12-20/h1-4,13-15H,5-12H2,(H,25,28)(H,26,27). The summed E-state index contributed by atoms with van der Waals surface area (Å²) in [6.07, 6.45) is 2.08. The molecule has 0 heterocycles. The molecule has 4 aliphatic carbocycles. The van der Waals surface area contributed by atoms with Gasteiger partial charge in [0.05, 0.1) is 0 Å². The summed E-state index contributed by atoms with van der Waals surface area (Å²) in [5.41, 5.74) is 0.136. The summed E-state index contributed by atoms with van der Waals surface area (Å²) in [4.78, 5) is 24.9. The van der Waals surface area contributed by atoms with Crippen LogP contribution in [-0.4, -0.2) is 24.7 Å². The second-order valence-corrected chi connectivity index (χ2v) is 8.82. The van der Waals surface area contributed by atoms with Gasteiger partial charge in [0.1, 0.15) is 5.75 Å². The van der Waals surface area contributed by atoms with E-state index in [9.17, 15) is 22.8 Å². The molecule has 5 nitrogen and oxygen atoms in total. The van der Waals surface area contributed by atoms with Crippen molar-refractivity contribution in [2.45, 2.75) is 51.3 Å². The summed E-state index contributed by atoms with van der Waals surface area (Å²) in [5.74, 6) is 1.47. The Kier molecular flexibility index (Phi) is 5.21. The van der Waals surface area contributed by atoms with Crippen molar-refractivity contribution in [2.75, 3.05) is 11.9 Å². The third-order valence-electron chi connectivity index (χ3n) is 6.53. The number of halogens is 3. The van der Waals surface area contributed by atoms with Gasteiger partial charge in [-0.15, -0.1) is 13.2 Å². The lowest BCUT2D eigenvalue weighted by Crippen LogP contribution is -2.53. The summed E-state index contributed by atoms with van der Waals surface area (Å²) in [6, 6.07) is 4.95. The molecule has 0 atom stereocenters. The van der Waals surface area contributed by atoms with Crippen LogP contribution in [0.5, 0.6) is 5.75 Å². The maximum Gasteiger partial charge on any atom is 0.573 e. The molecule has 2 amide bonds. The first-order valence-electron chi connectivity index (χ1n) is 10.1. The van der Waals surface area contributed by atoms with E-state index in [1.165, 1.54) is 31.4 Å². The fourth-order valence-electron chi connectivity index (χ4n) is 5.83. The maximum atomic E-state index is 12.8. The number of nitrogens with one attached hydrogen (secondary N) is 2. The number of amides is 2. The Balaban J connectivity index is 1.23. The topological polar surface area (TPSA) is 67.4 Å². The van der Waals surface area contributed by atoms with Crippen molar-refractivity contribution in [3.8, 4) is 5.75 Å². The monoisotopic (exact) mass is 410 g/mol. The van der Waals surface area contributed by atoms with Gasteiger partial charge in [-0.1, -0.05) is 0 Å². The zero-order valence-corrected chi connectivity index (χ0v) is 16.1. The highest BCUT2D eigenvalue weighted by molar-refractivity contribution is 5.91. The highest BCUT2D eigenvalue weighted by Gasteiger charge is 2.54. The Labute approximate surface area is 167 Å². The summed E-state index contributed by atoms with van der Waals surface area (Å²) >= 11 is 0. The Morgan fingerprint density at radius 1 is 1.00 bits per heavy atom. The van der Waals surface area contributed by atoms with E-state index in [4.69, 9.17) is 0 Å². The van der Waals surface area contributed by atoms with Crippen LogP contribution in [0.15, 0.2) is 24.3 Å². The van der Waals surface area contributed by atoms with E-state index < -0.39 is 6.36 Å². The number of rotatable bonds is 6. The van der Waals surface area contributed by atoms with Crippen molar-refractivity contribution in [2.24, 2.45) is 23.2 Å². The summed E-state index contributed by atoms with van der Waals surface area (Å²) in [5, 5.41) is 5.56. The summed E-state index contributed by atoms with van der Waals surface area (Å²) in [6.45, 7) is 0.252. The minimum atomic E-state index is -4.75. The SMILES string of the molecule is O=C(CCNC(=O)C12CC3CC(CC(C3)C1)C2)Nc1ccc(OC(F)(F)F)cc1. The molecule has 0 aliphatic heterocycles. The number of ether oxygens (including phenoxy) is 1. The van der Waals surface area contributed by atoms with Crippen molar-refractivity contribution >= 4 is 17.5 Å². The first kappa shape index (κ1) is 20.0. The van der Waals surface area contributed by atoms with Crippen LogP contribution < -0.4 is 15.4 Å². The molecule has 0 aromatic heterocycles. The highest BCUT2D eigenvalue weighted by atomic mass is 19.4. The number of alkyl halides is 3. The van der Waals surface area contributed by atoms with E-state index in [2.05, 4.69) is 15.4 Å². The second kappa shape index (κ2) is 7.54. The zero-order valence-electron chi connectivity index (χ0n) is 16.1. The average molecular weight is 410 g/mol. The first-order chi connectivity index (χ1) is 13.7. The molecule has 4 saturated carbocycles. The summed E-state index contributed by atoms with van der Waals surface area (Å²) < 4.78 is 40.3. The van der Waals surface area contributed by atoms with E-state index in [-0.39, 0.29) is 35.9 Å². The van der Waals surface area contributed by atoms with Crippen LogP contribution in [-0.2, 0) is 9.59 Å². The van der Waals surface area contributed by atoms with E-state index in [0.29, 0.717) is 23.4 Å². The van der Waals surface area contributed by atoms with Crippen LogP contribution >= 0.6 is 0 Å². The normalized spacial score (nSPS) is 30.1. The predicted octanol–water partition coefficient (Wildman–Crippen LogP) is 4.25. The molecule has 2 N–H and O–H groups in total. The highest BCUT2D eigenvalue weighted by Crippen LogP contribution is 2.60. The van der Waals surface area contributed by atoms with Gasteiger partial charge in [0.25, 0.3) is 0 Å². The van der Waals surface area contributed by atoms with Crippen LogP contribution in [0.25, 0.3) is 0 Å². The van der Waals surface area contributed by atoms with Gasteiger partial charge >= 0.3 is 6.36 Å². The molecule has 1 aromatic carbocycles. The van der Waals surface area contributed by atoms with E-state index >= 15 is 0 Å². The molecular formula is C21H25F3N2O3. The predicted molar refractivity (Wildman–Crippen MR) is 100.0 cm³/mol. The zero-order chi connectivity index (χ0) is 20.6. The molecule has 4 aliphatic rings. The molecule has 0 saturated heterocycles. The van der Waals surface area contributed by atoms with Gasteiger partial charge in [-0.3, -0.25) is 9.59 Å². The number of hydrogen-bond donors (Lipinski definition) is 2. The Hall–Kier alpha value is -2.25. The smallest absolute Gasteiger partial charge is 0.406 e. The minimum absolute atomic E-state index is 0.0815. The molecule has 1 aromatic rings. The Morgan fingerprint density at radius 3 is 2.07 bits per heavy atom. The molecule has 0 spiro atoms. The van der Waals surface area contributed by atoms with Crippen molar-refractivity contribution in [1.82, 2.24) is 5.32 Å². The number of carbonyl (C=O) groups excluding carboxylic acids is 2. The van der Waals surface area contributed by atoms with Gasteiger partial charge in [-0.05, 0) is 80.5 Å². The lowest BCUT2D eigenvalue weighted by Gasteiger charge is -2.55. The Morgan fingerprint density at radius 2 is 1.55 bits per heavy atom.